The predicted octanol–water partition coefficient (Wildman–Crippen LogP) is 2.96. The number of furan rings is 1. The number of nitrogens with zero attached hydrogens (tertiary/aromatic N) is 3. The van der Waals surface area contributed by atoms with E-state index in [1.165, 1.54) is 30.0 Å². The third-order valence-electron chi connectivity index (χ3n) is 4.09. The van der Waals surface area contributed by atoms with Gasteiger partial charge in [-0.3, -0.25) is 9.36 Å². The van der Waals surface area contributed by atoms with Crippen molar-refractivity contribution in [3.05, 3.63) is 42.7 Å². The molecule has 0 radical (unpaired) electrons. The Morgan fingerprint density at radius 3 is 2.63 bits per heavy atom. The van der Waals surface area contributed by atoms with E-state index < -0.39 is 15.3 Å². The Labute approximate surface area is 179 Å². The Balaban J connectivity index is 1.77. The van der Waals surface area contributed by atoms with Crippen LogP contribution in [0.25, 0.3) is 11.6 Å². The van der Waals surface area contributed by atoms with Gasteiger partial charge in [0.05, 0.1) is 16.4 Å². The molecule has 160 valence electrons. The lowest BCUT2D eigenvalue weighted by atomic mass is 10.2. The maximum absolute atomic E-state index is 12.7. The van der Waals surface area contributed by atoms with Crippen LogP contribution in [0.5, 0.6) is 0 Å². The van der Waals surface area contributed by atoms with Crippen LogP contribution in [-0.4, -0.2) is 34.3 Å². The average Bonchev–Trinajstić information content (AvgIpc) is 3.31. The first-order valence-corrected chi connectivity index (χ1v) is 11.6. The van der Waals surface area contributed by atoms with Gasteiger partial charge in [0.1, 0.15) is 0 Å². The number of carbonyl (C=O) groups excluding carboxylic acids is 1. The zero-order valence-corrected chi connectivity index (χ0v) is 18.4. The van der Waals surface area contributed by atoms with Crippen LogP contribution in [0.1, 0.15) is 20.8 Å². The Bertz CT molecular complexity index is 1120. The van der Waals surface area contributed by atoms with Crippen LogP contribution in [0.3, 0.4) is 0 Å². The molecule has 0 fully saturated rings. The highest BCUT2D eigenvalue weighted by atomic mass is 32.2. The maximum Gasteiger partial charge on any atom is 0.238 e. The van der Waals surface area contributed by atoms with Crippen molar-refractivity contribution in [3.63, 3.8) is 0 Å². The SMILES string of the molecule is CC(C)Cn1c(SC(C)C(=O)Nc2cccc(S(N)(=O)=O)c2)nnc1-c1ccco1. The first-order chi connectivity index (χ1) is 14.1. The van der Waals surface area contributed by atoms with E-state index in [4.69, 9.17) is 9.56 Å². The zero-order chi connectivity index (χ0) is 21.9. The van der Waals surface area contributed by atoms with Gasteiger partial charge in [0, 0.05) is 12.2 Å². The van der Waals surface area contributed by atoms with Crippen molar-refractivity contribution < 1.29 is 17.6 Å². The van der Waals surface area contributed by atoms with Crippen molar-refractivity contribution in [1.29, 1.82) is 0 Å². The third-order valence-corrected chi connectivity index (χ3v) is 6.08. The van der Waals surface area contributed by atoms with Crippen LogP contribution >= 0.6 is 11.8 Å². The van der Waals surface area contributed by atoms with Gasteiger partial charge in [-0.05, 0) is 43.2 Å². The Hall–Kier alpha value is -2.63. The second-order valence-corrected chi connectivity index (χ2v) is 9.98. The summed E-state index contributed by atoms with van der Waals surface area (Å²) < 4.78 is 30.4. The third kappa shape index (κ3) is 5.29. The molecule has 1 unspecified atom stereocenters. The maximum atomic E-state index is 12.7. The molecule has 3 aromatic rings. The number of primary sulfonamides is 1. The van der Waals surface area contributed by atoms with Gasteiger partial charge in [-0.1, -0.05) is 31.7 Å². The highest BCUT2D eigenvalue weighted by molar-refractivity contribution is 8.00. The number of rotatable bonds is 8. The number of nitrogens with one attached hydrogen (secondary N) is 1. The molecule has 9 nitrogen and oxygen atoms in total. The predicted molar refractivity (Wildman–Crippen MR) is 114 cm³/mol. The number of sulfonamides is 1. The van der Waals surface area contributed by atoms with E-state index in [0.29, 0.717) is 34.9 Å². The number of carbonyl (C=O) groups is 1. The fraction of sp³-hybridized carbons (Fsp3) is 0.316. The van der Waals surface area contributed by atoms with Gasteiger partial charge in [-0.15, -0.1) is 10.2 Å². The zero-order valence-electron chi connectivity index (χ0n) is 16.8. The molecule has 0 saturated heterocycles. The van der Waals surface area contributed by atoms with Crippen LogP contribution in [-0.2, 0) is 21.4 Å². The minimum absolute atomic E-state index is 0.0691. The lowest BCUT2D eigenvalue weighted by Crippen LogP contribution is -2.23. The fourth-order valence-electron chi connectivity index (χ4n) is 2.70. The summed E-state index contributed by atoms with van der Waals surface area (Å²) in [7, 11) is -3.85. The average molecular weight is 450 g/mol. The molecule has 3 N–H and O–H groups in total. The molecule has 30 heavy (non-hydrogen) atoms. The van der Waals surface area contributed by atoms with Crippen molar-refractivity contribution in [1.82, 2.24) is 14.8 Å². The van der Waals surface area contributed by atoms with E-state index in [2.05, 4.69) is 29.4 Å². The first kappa shape index (κ1) is 22.1. The van der Waals surface area contributed by atoms with Crippen LogP contribution < -0.4 is 10.5 Å². The van der Waals surface area contributed by atoms with Crippen molar-refractivity contribution in [2.45, 2.75) is 42.6 Å². The normalized spacial score (nSPS) is 12.8. The summed E-state index contributed by atoms with van der Waals surface area (Å²) >= 11 is 1.26. The summed E-state index contributed by atoms with van der Waals surface area (Å²) in [5.74, 6) is 1.24. The molecular weight excluding hydrogens is 426 g/mol. The number of benzene rings is 1. The first-order valence-electron chi connectivity index (χ1n) is 9.22. The molecule has 1 atom stereocenters. The minimum atomic E-state index is -3.85. The lowest BCUT2D eigenvalue weighted by molar-refractivity contribution is -0.115. The van der Waals surface area contributed by atoms with Crippen molar-refractivity contribution in [3.8, 4) is 11.6 Å². The molecule has 11 heteroatoms. The summed E-state index contributed by atoms with van der Waals surface area (Å²) in [5, 5.41) is 16.4. The molecule has 0 aliphatic heterocycles. The van der Waals surface area contributed by atoms with E-state index in [-0.39, 0.29) is 10.8 Å². The molecule has 2 aromatic heterocycles. The summed E-state index contributed by atoms with van der Waals surface area (Å²) in [6.07, 6.45) is 1.57. The summed E-state index contributed by atoms with van der Waals surface area (Å²) in [4.78, 5) is 12.6. The molecule has 0 aliphatic rings. The molecule has 1 aromatic carbocycles. The molecule has 0 spiro atoms. The quantitative estimate of drug-likeness (QED) is 0.505. The number of thioether (sulfide) groups is 1. The Kier molecular flexibility index (Phi) is 6.64. The van der Waals surface area contributed by atoms with Crippen LogP contribution in [0.4, 0.5) is 5.69 Å². The summed E-state index contributed by atoms with van der Waals surface area (Å²) in [6.45, 7) is 6.56. The topological polar surface area (TPSA) is 133 Å². The highest BCUT2D eigenvalue weighted by Gasteiger charge is 2.22. The smallest absolute Gasteiger partial charge is 0.238 e. The number of anilines is 1. The van der Waals surface area contributed by atoms with Crippen molar-refractivity contribution in [2.75, 3.05) is 5.32 Å². The van der Waals surface area contributed by atoms with E-state index >= 15 is 0 Å². The van der Waals surface area contributed by atoms with Gasteiger partial charge in [-0.25, -0.2) is 13.6 Å². The number of hydrogen-bond donors (Lipinski definition) is 2. The number of amides is 1. The molecule has 2 heterocycles. The number of nitrogens with two attached hydrogens (primary N) is 1. The second-order valence-electron chi connectivity index (χ2n) is 7.11. The largest absolute Gasteiger partial charge is 0.461 e. The molecule has 0 bridgehead atoms. The standard InChI is InChI=1S/C19H23N5O4S2/c1-12(2)11-24-17(16-8-5-9-28-16)22-23-19(24)29-13(3)18(25)21-14-6-4-7-15(10-14)30(20,26)27/h4-10,12-13H,11H2,1-3H3,(H,21,25)(H2,20,26,27). The van der Waals surface area contributed by atoms with Gasteiger partial charge < -0.3 is 9.73 Å². The van der Waals surface area contributed by atoms with Gasteiger partial charge >= 0.3 is 0 Å². The molecule has 0 aliphatic carbocycles. The second kappa shape index (κ2) is 9.02. The minimum Gasteiger partial charge on any atom is -0.461 e. The van der Waals surface area contributed by atoms with E-state index in [9.17, 15) is 13.2 Å². The number of hydrogen-bond acceptors (Lipinski definition) is 7. The van der Waals surface area contributed by atoms with E-state index in [1.54, 1.807) is 25.3 Å². The molecule has 1 amide bonds. The number of aromatic nitrogens is 3. The summed E-state index contributed by atoms with van der Waals surface area (Å²) in [5.41, 5.74) is 0.346. The van der Waals surface area contributed by atoms with Crippen molar-refractivity contribution in [2.24, 2.45) is 11.1 Å². The monoisotopic (exact) mass is 449 g/mol. The van der Waals surface area contributed by atoms with Crippen molar-refractivity contribution >= 4 is 33.4 Å². The van der Waals surface area contributed by atoms with Gasteiger partial charge in [-0.2, -0.15) is 0 Å². The Morgan fingerprint density at radius 1 is 1.23 bits per heavy atom. The molecule has 3 rings (SSSR count). The van der Waals surface area contributed by atoms with Gasteiger partial charge in [0.25, 0.3) is 0 Å². The summed E-state index contributed by atoms with van der Waals surface area (Å²) in [6, 6.07) is 9.39. The van der Waals surface area contributed by atoms with Crippen LogP contribution in [0.15, 0.2) is 57.1 Å². The highest BCUT2D eigenvalue weighted by Crippen LogP contribution is 2.28. The molecule has 0 saturated carbocycles. The fourth-order valence-corrected chi connectivity index (χ4v) is 4.12. The van der Waals surface area contributed by atoms with Crippen LogP contribution in [0, 0.1) is 5.92 Å². The lowest BCUT2D eigenvalue weighted by Gasteiger charge is -2.15. The molecular formula is C19H23N5O4S2. The van der Waals surface area contributed by atoms with E-state index in [1.807, 2.05) is 10.6 Å². The van der Waals surface area contributed by atoms with Gasteiger partial charge in [0.2, 0.25) is 15.9 Å². The Morgan fingerprint density at radius 2 is 2.00 bits per heavy atom. The van der Waals surface area contributed by atoms with E-state index in [0.717, 1.165) is 0 Å². The van der Waals surface area contributed by atoms with Crippen LogP contribution in [0.2, 0.25) is 0 Å². The van der Waals surface area contributed by atoms with Gasteiger partial charge in [0.15, 0.2) is 16.7 Å².